The number of methoxy groups -OCH3 is 1. The van der Waals surface area contributed by atoms with E-state index in [-0.39, 0.29) is 23.1 Å². The third-order valence-electron chi connectivity index (χ3n) is 5.38. The van der Waals surface area contributed by atoms with Gasteiger partial charge in [-0.2, -0.15) is 0 Å². The molecule has 10 nitrogen and oxygen atoms in total. The van der Waals surface area contributed by atoms with Gasteiger partial charge in [0, 0.05) is 26.3 Å². The molecule has 0 saturated carbocycles. The van der Waals surface area contributed by atoms with Gasteiger partial charge in [0.2, 0.25) is 0 Å². The molecule has 2 aliphatic heterocycles. The fraction of sp³-hybridized carbons (Fsp3) is 0.333. The molecule has 3 heterocycles. The van der Waals surface area contributed by atoms with E-state index in [1.807, 2.05) is 13.0 Å². The molecule has 0 spiro atoms. The van der Waals surface area contributed by atoms with Gasteiger partial charge in [0.15, 0.2) is 6.04 Å². The van der Waals surface area contributed by atoms with E-state index in [1.165, 1.54) is 11.8 Å². The van der Waals surface area contributed by atoms with E-state index in [1.54, 1.807) is 38.4 Å². The van der Waals surface area contributed by atoms with Gasteiger partial charge in [-0.15, -0.1) is 0 Å². The molecule has 2 unspecified atom stereocenters. The Morgan fingerprint density at radius 2 is 1.94 bits per heavy atom. The van der Waals surface area contributed by atoms with Crippen molar-refractivity contribution >= 4 is 28.7 Å². The standard InChI is InChI=1S/C12H18FNO2.C12H8N4O3/c1-8(16-4)5-6-10-7-14(3)12(15)11(10)9(2)13;17-10-7-3-1-6(5-9(7)15-16-10)2-4-8-11(18)14-12(19)13-8/h5-6,8-9H,7H2,1-4H3;1,3,5,8H,(H2,15,16,17)(H2,13,14,18,19)/b6-5-;/t;8-/m.0/s1. The maximum Gasteiger partial charge on any atom is 0.322 e. The van der Waals surface area contributed by atoms with Gasteiger partial charge in [-0.1, -0.05) is 24.0 Å². The number of aromatic amines is 2. The lowest BCUT2D eigenvalue weighted by Gasteiger charge is -2.08. The molecule has 4 N–H and O–H groups in total. The Morgan fingerprint density at radius 3 is 2.57 bits per heavy atom. The summed E-state index contributed by atoms with van der Waals surface area (Å²) in [5, 5.41) is 10.2. The second kappa shape index (κ2) is 10.8. The van der Waals surface area contributed by atoms with E-state index < -0.39 is 24.2 Å². The molecule has 4 rings (SSSR count). The van der Waals surface area contributed by atoms with Crippen molar-refractivity contribution in [2.75, 3.05) is 20.7 Å². The van der Waals surface area contributed by atoms with E-state index in [0.29, 0.717) is 23.0 Å². The average Bonchev–Trinajstić information content (AvgIpc) is 3.45. The smallest absolute Gasteiger partial charge is 0.322 e. The zero-order chi connectivity index (χ0) is 25.7. The molecule has 1 saturated heterocycles. The number of nitrogens with zero attached hydrogens (tertiary/aromatic N) is 1. The lowest BCUT2D eigenvalue weighted by Crippen LogP contribution is -2.26. The normalized spacial score (nSPS) is 19.3. The van der Waals surface area contributed by atoms with Crippen LogP contribution in [0.1, 0.15) is 19.4 Å². The Labute approximate surface area is 200 Å². The van der Waals surface area contributed by atoms with Crippen LogP contribution in [0.3, 0.4) is 0 Å². The maximum atomic E-state index is 13.3. The number of carbonyl (C=O) groups excluding carboxylic acids is 3. The van der Waals surface area contributed by atoms with Gasteiger partial charge in [-0.3, -0.25) is 29.9 Å². The molecule has 4 amide bonds. The molecule has 0 aliphatic carbocycles. The number of hydrogen-bond acceptors (Lipinski definition) is 5. The number of H-pyrrole nitrogens is 2. The number of alkyl halides is 1. The van der Waals surface area contributed by atoms with Crippen LogP contribution in [-0.2, 0) is 14.3 Å². The number of halogens is 1. The number of benzene rings is 1. The summed E-state index contributed by atoms with van der Waals surface area (Å²) in [4.78, 5) is 46.6. The van der Waals surface area contributed by atoms with Crippen LogP contribution in [0.25, 0.3) is 10.9 Å². The zero-order valence-corrected chi connectivity index (χ0v) is 19.7. The predicted octanol–water partition coefficient (Wildman–Crippen LogP) is 1.12. The number of amides is 4. The summed E-state index contributed by atoms with van der Waals surface area (Å²) < 4.78 is 18.4. The van der Waals surface area contributed by atoms with Crippen molar-refractivity contribution in [2.45, 2.75) is 32.2 Å². The quantitative estimate of drug-likeness (QED) is 0.382. The maximum absolute atomic E-state index is 13.3. The summed E-state index contributed by atoms with van der Waals surface area (Å²) in [6.45, 7) is 3.74. The van der Waals surface area contributed by atoms with Crippen LogP contribution in [0.15, 0.2) is 46.3 Å². The van der Waals surface area contributed by atoms with Crippen molar-refractivity contribution in [3.05, 3.63) is 57.4 Å². The second-order valence-corrected chi connectivity index (χ2v) is 8.02. The molecule has 2 aliphatic rings. The minimum atomic E-state index is -1.23. The van der Waals surface area contributed by atoms with Gasteiger partial charge in [-0.25, -0.2) is 9.18 Å². The third-order valence-corrected chi connectivity index (χ3v) is 5.38. The summed E-state index contributed by atoms with van der Waals surface area (Å²) in [5.74, 6) is 4.74. The van der Waals surface area contributed by atoms with Gasteiger partial charge in [0.25, 0.3) is 17.4 Å². The van der Waals surface area contributed by atoms with Crippen LogP contribution in [0.4, 0.5) is 9.18 Å². The summed E-state index contributed by atoms with van der Waals surface area (Å²) in [6, 6.07) is 3.62. The van der Waals surface area contributed by atoms with Crippen LogP contribution in [0.5, 0.6) is 0 Å². The topological polar surface area (TPSA) is 136 Å². The van der Waals surface area contributed by atoms with Crippen LogP contribution in [0, 0.1) is 11.8 Å². The number of ether oxygens (including phenoxy) is 1. The number of carbonyl (C=O) groups is 3. The van der Waals surface area contributed by atoms with Crippen molar-refractivity contribution in [1.82, 2.24) is 25.7 Å². The number of aromatic nitrogens is 2. The molecule has 2 aromatic rings. The predicted molar refractivity (Wildman–Crippen MR) is 127 cm³/mol. The molecule has 11 heteroatoms. The average molecular weight is 484 g/mol. The molecule has 3 atom stereocenters. The van der Waals surface area contributed by atoms with Gasteiger partial charge < -0.3 is 15.0 Å². The van der Waals surface area contributed by atoms with E-state index in [2.05, 4.69) is 32.7 Å². The number of imide groups is 1. The van der Waals surface area contributed by atoms with Gasteiger partial charge in [0.05, 0.1) is 22.6 Å². The molecule has 1 aromatic carbocycles. The Balaban J connectivity index is 0.000000199. The minimum Gasteiger partial charge on any atom is -0.378 e. The van der Waals surface area contributed by atoms with Gasteiger partial charge in [0.1, 0.15) is 6.17 Å². The highest BCUT2D eigenvalue weighted by atomic mass is 19.1. The van der Waals surface area contributed by atoms with E-state index in [4.69, 9.17) is 4.74 Å². The first kappa shape index (κ1) is 25.5. The number of fused-ring (bicyclic) bond motifs is 1. The van der Waals surface area contributed by atoms with E-state index in [0.717, 1.165) is 5.57 Å². The summed E-state index contributed by atoms with van der Waals surface area (Å²) in [7, 11) is 3.28. The molecular weight excluding hydrogens is 457 g/mol. The molecule has 184 valence electrons. The molecule has 0 bridgehead atoms. The number of nitrogens with one attached hydrogen (secondary N) is 4. The summed E-state index contributed by atoms with van der Waals surface area (Å²) >= 11 is 0. The largest absolute Gasteiger partial charge is 0.378 e. The number of rotatable bonds is 4. The first-order chi connectivity index (χ1) is 16.6. The van der Waals surface area contributed by atoms with E-state index >= 15 is 0 Å². The first-order valence-corrected chi connectivity index (χ1v) is 10.8. The van der Waals surface area contributed by atoms with Crippen molar-refractivity contribution in [2.24, 2.45) is 0 Å². The number of likely N-dealkylation sites (N-methyl/N-ethyl adjacent to an activating group) is 1. The van der Waals surface area contributed by atoms with E-state index in [9.17, 15) is 23.6 Å². The lowest BCUT2D eigenvalue weighted by molar-refractivity contribution is -0.124. The van der Waals surface area contributed by atoms with Crippen LogP contribution in [0.2, 0.25) is 0 Å². The van der Waals surface area contributed by atoms with Crippen molar-refractivity contribution in [3.8, 4) is 11.8 Å². The molecule has 35 heavy (non-hydrogen) atoms. The Morgan fingerprint density at radius 1 is 1.20 bits per heavy atom. The molecule has 1 aromatic heterocycles. The van der Waals surface area contributed by atoms with Crippen LogP contribution >= 0.6 is 0 Å². The fourth-order valence-corrected chi connectivity index (χ4v) is 3.44. The number of hydrogen-bond donors (Lipinski definition) is 4. The highest BCUT2D eigenvalue weighted by Crippen LogP contribution is 2.23. The highest BCUT2D eigenvalue weighted by Gasteiger charge is 2.30. The zero-order valence-electron chi connectivity index (χ0n) is 19.7. The second-order valence-electron chi connectivity index (χ2n) is 8.02. The first-order valence-electron chi connectivity index (χ1n) is 10.8. The highest BCUT2D eigenvalue weighted by molar-refractivity contribution is 6.05. The summed E-state index contributed by atoms with van der Waals surface area (Å²) in [6.07, 6.45) is 2.34. The van der Waals surface area contributed by atoms with Crippen LogP contribution in [-0.4, -0.2) is 72.0 Å². The fourth-order valence-electron chi connectivity index (χ4n) is 3.44. The van der Waals surface area contributed by atoms with Crippen molar-refractivity contribution in [3.63, 3.8) is 0 Å². The molecule has 0 radical (unpaired) electrons. The number of urea groups is 1. The monoisotopic (exact) mass is 483 g/mol. The summed E-state index contributed by atoms with van der Waals surface area (Å²) in [5.41, 5.74) is 2.08. The third kappa shape index (κ3) is 6.04. The lowest BCUT2D eigenvalue weighted by atomic mass is 10.1. The van der Waals surface area contributed by atoms with Crippen molar-refractivity contribution in [1.29, 1.82) is 0 Å². The molecule has 1 fully saturated rings. The SMILES string of the molecule is COC(C)/C=C\C1=C(C(C)F)C(=O)N(C)C1.O=C1NC(=O)[C@H](C#Cc2ccc3c(=O)[nH][nH]c3c2)N1. The van der Waals surface area contributed by atoms with Gasteiger partial charge in [-0.05, 0) is 37.6 Å². The van der Waals surface area contributed by atoms with Crippen LogP contribution < -0.4 is 16.2 Å². The Bertz CT molecular complexity index is 1330. The Hall–Kier alpha value is -4.17. The molecular formula is C24H26FN5O5. The minimum absolute atomic E-state index is 0.0373. The van der Waals surface area contributed by atoms with Crippen molar-refractivity contribution < 1.29 is 23.5 Å². The Kier molecular flexibility index (Phi) is 7.88. The van der Waals surface area contributed by atoms with Gasteiger partial charge >= 0.3 is 6.03 Å².